The summed E-state index contributed by atoms with van der Waals surface area (Å²) < 4.78 is 5.41. The molecule has 2 heterocycles. The Morgan fingerprint density at radius 1 is 1.36 bits per heavy atom. The van der Waals surface area contributed by atoms with Crippen LogP contribution in [0.5, 0.6) is 0 Å². The average molecular weight is 386 g/mol. The number of amides is 2. The Labute approximate surface area is 157 Å². The molecule has 1 atom stereocenters. The van der Waals surface area contributed by atoms with Crippen molar-refractivity contribution in [3.05, 3.63) is 23.2 Å². The number of nitrogens with one attached hydrogen (secondary N) is 1. The molecule has 0 aliphatic carbocycles. The van der Waals surface area contributed by atoms with Gasteiger partial charge < -0.3 is 25.0 Å². The molecule has 0 radical (unpaired) electrons. The van der Waals surface area contributed by atoms with Crippen molar-refractivity contribution < 1.29 is 14.6 Å². The first-order chi connectivity index (χ1) is 12.2. The number of benzene rings is 1. The minimum atomic E-state index is -0.181. The van der Waals surface area contributed by atoms with Crippen LogP contribution in [0.3, 0.4) is 0 Å². The second-order valence-electron chi connectivity index (χ2n) is 6.13. The van der Waals surface area contributed by atoms with Crippen LogP contribution in [0.25, 0.3) is 0 Å². The quantitative estimate of drug-likeness (QED) is 0.833. The molecular formula is C17H24ClN3O3S. The third-order valence-corrected chi connectivity index (χ3v) is 5.75. The molecule has 25 heavy (non-hydrogen) atoms. The number of morpholine rings is 1. The summed E-state index contributed by atoms with van der Waals surface area (Å²) in [6, 6.07) is 5.39. The zero-order valence-corrected chi connectivity index (χ0v) is 15.7. The third-order valence-electron chi connectivity index (χ3n) is 4.50. The second-order valence-corrected chi connectivity index (χ2v) is 7.76. The lowest BCUT2D eigenvalue weighted by Crippen LogP contribution is -2.50. The largest absolute Gasteiger partial charge is 0.396 e. The lowest BCUT2D eigenvalue weighted by molar-refractivity contribution is 0.00728. The summed E-state index contributed by atoms with van der Waals surface area (Å²) >= 11 is 8.40. The zero-order chi connectivity index (χ0) is 17.6. The van der Waals surface area contributed by atoms with Gasteiger partial charge in [0.1, 0.15) is 0 Å². The van der Waals surface area contributed by atoms with Gasteiger partial charge in [-0.05, 0) is 24.6 Å². The number of rotatable bonds is 4. The molecule has 2 amide bonds. The standard InChI is InChI=1S/C17H24ClN3O3S/c18-15-11-13(1-2-16(15)20-5-9-25-10-6-20)19-17(23)21-4-8-24-12-14(21)3-7-22/h1-2,11,14,22H,3-10,12H2,(H,19,23). The van der Waals surface area contributed by atoms with E-state index >= 15 is 0 Å². The summed E-state index contributed by atoms with van der Waals surface area (Å²) in [4.78, 5) is 16.6. The Balaban J connectivity index is 1.65. The van der Waals surface area contributed by atoms with E-state index in [4.69, 9.17) is 21.4 Å². The number of urea groups is 1. The number of hydrogen-bond acceptors (Lipinski definition) is 5. The maximum absolute atomic E-state index is 12.6. The molecule has 2 fully saturated rings. The monoisotopic (exact) mass is 385 g/mol. The van der Waals surface area contributed by atoms with Crippen LogP contribution >= 0.6 is 23.4 Å². The average Bonchev–Trinajstić information content (AvgIpc) is 2.63. The normalized spacial score (nSPS) is 21.3. The van der Waals surface area contributed by atoms with Gasteiger partial charge in [-0.2, -0.15) is 11.8 Å². The summed E-state index contributed by atoms with van der Waals surface area (Å²) in [6.07, 6.45) is 0.514. The maximum Gasteiger partial charge on any atom is 0.322 e. The molecular weight excluding hydrogens is 362 g/mol. The molecule has 138 valence electrons. The van der Waals surface area contributed by atoms with Crippen molar-refractivity contribution in [2.24, 2.45) is 0 Å². The molecule has 0 aromatic heterocycles. The zero-order valence-electron chi connectivity index (χ0n) is 14.1. The van der Waals surface area contributed by atoms with Gasteiger partial charge in [0.05, 0.1) is 30.0 Å². The molecule has 2 saturated heterocycles. The van der Waals surface area contributed by atoms with Crippen molar-refractivity contribution >= 4 is 40.8 Å². The molecule has 0 spiro atoms. The SMILES string of the molecule is O=C(Nc1ccc(N2CCSCC2)c(Cl)c1)N1CCOCC1CCO. The van der Waals surface area contributed by atoms with Gasteiger partial charge >= 0.3 is 6.03 Å². The Bertz CT molecular complexity index is 597. The molecule has 3 rings (SSSR count). The molecule has 8 heteroatoms. The fourth-order valence-corrected chi connectivity index (χ4v) is 4.35. The summed E-state index contributed by atoms with van der Waals surface area (Å²) in [5.41, 5.74) is 1.70. The lowest BCUT2D eigenvalue weighted by Gasteiger charge is -2.35. The van der Waals surface area contributed by atoms with Crippen LogP contribution in [0.15, 0.2) is 18.2 Å². The van der Waals surface area contributed by atoms with Crippen molar-refractivity contribution in [2.45, 2.75) is 12.5 Å². The van der Waals surface area contributed by atoms with Gasteiger partial charge in [0.25, 0.3) is 0 Å². The highest BCUT2D eigenvalue weighted by Gasteiger charge is 2.27. The Hall–Kier alpha value is -1.15. The second kappa shape index (κ2) is 8.98. The highest BCUT2D eigenvalue weighted by atomic mass is 35.5. The van der Waals surface area contributed by atoms with Crippen LogP contribution in [0.1, 0.15) is 6.42 Å². The van der Waals surface area contributed by atoms with Crippen LogP contribution < -0.4 is 10.2 Å². The molecule has 2 aliphatic rings. The minimum absolute atomic E-state index is 0.0342. The Kier molecular flexibility index (Phi) is 6.70. The molecule has 1 aromatic carbocycles. The van der Waals surface area contributed by atoms with Crippen LogP contribution in [0, 0.1) is 0 Å². The van der Waals surface area contributed by atoms with Gasteiger partial charge in [0, 0.05) is 43.4 Å². The van der Waals surface area contributed by atoms with Gasteiger partial charge in [-0.15, -0.1) is 0 Å². The van der Waals surface area contributed by atoms with E-state index in [-0.39, 0.29) is 18.7 Å². The molecule has 2 N–H and O–H groups in total. The van der Waals surface area contributed by atoms with Gasteiger partial charge in [0.15, 0.2) is 0 Å². The third kappa shape index (κ3) is 4.73. The highest BCUT2D eigenvalue weighted by molar-refractivity contribution is 7.99. The maximum atomic E-state index is 12.6. The predicted molar refractivity (Wildman–Crippen MR) is 103 cm³/mol. The van der Waals surface area contributed by atoms with Gasteiger partial charge in [-0.1, -0.05) is 11.6 Å². The fraction of sp³-hybridized carbons (Fsp3) is 0.588. The summed E-state index contributed by atoms with van der Waals surface area (Å²) in [7, 11) is 0. The van der Waals surface area contributed by atoms with E-state index in [0.717, 1.165) is 30.3 Å². The fourth-order valence-electron chi connectivity index (χ4n) is 3.15. The number of aliphatic hydroxyl groups is 1. The van der Waals surface area contributed by atoms with E-state index in [1.807, 2.05) is 23.9 Å². The van der Waals surface area contributed by atoms with Crippen LogP contribution in [-0.2, 0) is 4.74 Å². The molecule has 1 unspecified atom stereocenters. The van der Waals surface area contributed by atoms with Crippen molar-refractivity contribution in [2.75, 3.05) is 61.2 Å². The highest BCUT2D eigenvalue weighted by Crippen LogP contribution is 2.30. The lowest BCUT2D eigenvalue weighted by atomic mass is 10.2. The van der Waals surface area contributed by atoms with E-state index in [1.54, 1.807) is 11.0 Å². The van der Waals surface area contributed by atoms with Crippen molar-refractivity contribution in [3.8, 4) is 0 Å². The number of halogens is 1. The summed E-state index contributed by atoms with van der Waals surface area (Å²) in [6.45, 7) is 3.52. The number of thioether (sulfide) groups is 1. The van der Waals surface area contributed by atoms with Gasteiger partial charge in [-0.3, -0.25) is 0 Å². The summed E-state index contributed by atoms with van der Waals surface area (Å²) in [5.74, 6) is 2.22. The van der Waals surface area contributed by atoms with E-state index in [2.05, 4.69) is 10.2 Å². The van der Waals surface area contributed by atoms with Crippen molar-refractivity contribution in [3.63, 3.8) is 0 Å². The first kappa shape index (κ1) is 18.6. The molecule has 0 saturated carbocycles. The Morgan fingerprint density at radius 2 is 2.16 bits per heavy atom. The Morgan fingerprint density at radius 3 is 2.88 bits per heavy atom. The van der Waals surface area contributed by atoms with Crippen LogP contribution in [-0.4, -0.2) is 73.0 Å². The van der Waals surface area contributed by atoms with Crippen LogP contribution in [0.2, 0.25) is 5.02 Å². The number of hydrogen-bond donors (Lipinski definition) is 2. The topological polar surface area (TPSA) is 65.0 Å². The van der Waals surface area contributed by atoms with Crippen molar-refractivity contribution in [1.29, 1.82) is 0 Å². The molecule has 1 aromatic rings. The molecule has 0 bridgehead atoms. The first-order valence-corrected chi connectivity index (χ1v) is 10.1. The van der Waals surface area contributed by atoms with E-state index in [1.165, 1.54) is 0 Å². The van der Waals surface area contributed by atoms with E-state index in [9.17, 15) is 4.79 Å². The van der Waals surface area contributed by atoms with Crippen LogP contribution in [0.4, 0.5) is 16.2 Å². The van der Waals surface area contributed by atoms with E-state index < -0.39 is 0 Å². The van der Waals surface area contributed by atoms with Gasteiger partial charge in [-0.25, -0.2) is 4.79 Å². The smallest absolute Gasteiger partial charge is 0.322 e. The molecule has 6 nitrogen and oxygen atoms in total. The minimum Gasteiger partial charge on any atom is -0.396 e. The predicted octanol–water partition coefficient (Wildman–Crippen LogP) is 2.51. The van der Waals surface area contributed by atoms with Gasteiger partial charge in [0.2, 0.25) is 0 Å². The number of ether oxygens (including phenoxy) is 1. The summed E-state index contributed by atoms with van der Waals surface area (Å²) in [5, 5.41) is 12.7. The van der Waals surface area contributed by atoms with E-state index in [0.29, 0.717) is 36.9 Å². The number of nitrogens with zero attached hydrogens (tertiary/aromatic N) is 2. The number of anilines is 2. The number of aliphatic hydroxyl groups excluding tert-OH is 1. The number of carbonyl (C=O) groups is 1. The van der Waals surface area contributed by atoms with Crippen molar-refractivity contribution in [1.82, 2.24) is 4.90 Å². The number of carbonyl (C=O) groups excluding carboxylic acids is 1. The molecule has 2 aliphatic heterocycles. The first-order valence-electron chi connectivity index (χ1n) is 8.57.